The predicted molar refractivity (Wildman–Crippen MR) is 111 cm³/mol. The first kappa shape index (κ1) is 18.4. The number of fused-ring (bicyclic) bond motifs is 3. The summed E-state index contributed by atoms with van der Waals surface area (Å²) < 4.78 is 9.27. The first-order valence-electron chi connectivity index (χ1n) is 10.0. The fraction of sp³-hybridized carbons (Fsp3) is 0.524. The van der Waals surface area contributed by atoms with Crippen LogP contribution in [0.1, 0.15) is 56.3 Å². The number of aromatic nitrogens is 4. The van der Waals surface area contributed by atoms with Crippen LogP contribution in [0, 0.1) is 4.77 Å². The Balaban J connectivity index is 1.85. The van der Waals surface area contributed by atoms with Crippen LogP contribution < -0.4 is 0 Å². The maximum atomic E-state index is 6.46. The Morgan fingerprint density at radius 3 is 2.89 bits per heavy atom. The predicted octanol–water partition coefficient (Wildman–Crippen LogP) is 4.82. The molecule has 4 rings (SSSR count). The lowest BCUT2D eigenvalue weighted by atomic mass is 9.86. The Labute approximate surface area is 165 Å². The number of nitrogens with one attached hydrogen (secondary N) is 2. The number of aromatic amines is 2. The number of ether oxygens (including phenoxy) is 1. The summed E-state index contributed by atoms with van der Waals surface area (Å²) in [5, 5.41) is 8.85. The maximum absolute atomic E-state index is 6.46. The Morgan fingerprint density at radius 2 is 2.15 bits per heavy atom. The minimum Gasteiger partial charge on any atom is -0.368 e. The molecule has 6 heteroatoms. The van der Waals surface area contributed by atoms with Gasteiger partial charge in [-0.15, -0.1) is 0 Å². The lowest BCUT2D eigenvalue weighted by molar-refractivity contribution is -0.0674. The molecule has 1 atom stereocenters. The topological polar surface area (TPSA) is 58.6 Å². The molecule has 0 radical (unpaired) electrons. The number of hydrogen-bond donors (Lipinski definition) is 2. The van der Waals surface area contributed by atoms with Crippen molar-refractivity contribution < 1.29 is 4.74 Å². The highest BCUT2D eigenvalue weighted by Gasteiger charge is 2.40. The number of aryl methyl sites for hydroxylation is 1. The van der Waals surface area contributed by atoms with Gasteiger partial charge in [-0.05, 0) is 49.0 Å². The van der Waals surface area contributed by atoms with Crippen molar-refractivity contribution in [2.45, 2.75) is 65.0 Å². The van der Waals surface area contributed by atoms with Crippen molar-refractivity contribution in [1.29, 1.82) is 0 Å². The zero-order valence-corrected chi connectivity index (χ0v) is 17.2. The molecule has 2 N–H and O–H groups in total. The first-order valence-corrected chi connectivity index (χ1v) is 10.4. The van der Waals surface area contributed by atoms with Crippen LogP contribution in [0.5, 0.6) is 0 Å². The van der Waals surface area contributed by atoms with Crippen LogP contribution in [0.4, 0.5) is 0 Å². The zero-order valence-electron chi connectivity index (χ0n) is 16.4. The summed E-state index contributed by atoms with van der Waals surface area (Å²) in [5.41, 5.74) is 4.87. The van der Waals surface area contributed by atoms with E-state index in [4.69, 9.17) is 17.0 Å². The molecule has 1 aliphatic heterocycles. The summed E-state index contributed by atoms with van der Waals surface area (Å²) in [6.07, 6.45) is 4.61. The Hall–Kier alpha value is -1.92. The second kappa shape index (κ2) is 7.24. The van der Waals surface area contributed by atoms with Gasteiger partial charge in [0.05, 0.1) is 12.3 Å². The zero-order chi connectivity index (χ0) is 19.0. The fourth-order valence-corrected chi connectivity index (χ4v) is 4.68. The number of benzene rings is 1. The molecular formula is C21H28N4OS. The lowest BCUT2D eigenvalue weighted by Gasteiger charge is -2.36. The number of H-pyrrole nitrogens is 2. The monoisotopic (exact) mass is 384 g/mol. The highest BCUT2D eigenvalue weighted by Crippen LogP contribution is 2.41. The molecule has 1 aliphatic rings. The largest absolute Gasteiger partial charge is 0.368 e. The van der Waals surface area contributed by atoms with Crippen LogP contribution in [0.15, 0.2) is 18.2 Å². The molecule has 0 bridgehead atoms. The van der Waals surface area contributed by atoms with E-state index in [-0.39, 0.29) is 5.60 Å². The summed E-state index contributed by atoms with van der Waals surface area (Å²) in [7, 11) is 0. The summed E-state index contributed by atoms with van der Waals surface area (Å²) in [6.45, 7) is 8.19. The maximum Gasteiger partial charge on any atom is 0.195 e. The van der Waals surface area contributed by atoms with E-state index in [1.807, 2.05) is 0 Å². The minimum atomic E-state index is -0.385. The molecule has 1 unspecified atom stereocenters. The van der Waals surface area contributed by atoms with Gasteiger partial charge in [0.25, 0.3) is 0 Å². The van der Waals surface area contributed by atoms with Crippen molar-refractivity contribution in [3.8, 4) is 0 Å². The third-order valence-corrected chi connectivity index (χ3v) is 6.21. The van der Waals surface area contributed by atoms with E-state index < -0.39 is 0 Å². The second-order valence-electron chi connectivity index (χ2n) is 7.39. The molecule has 0 aliphatic carbocycles. The van der Waals surface area contributed by atoms with Crippen molar-refractivity contribution >= 4 is 23.1 Å². The molecule has 3 aromatic rings. The third-order valence-electron chi connectivity index (χ3n) is 5.89. The second-order valence-corrected chi connectivity index (χ2v) is 7.78. The van der Waals surface area contributed by atoms with Crippen LogP contribution in [-0.4, -0.2) is 26.4 Å². The summed E-state index contributed by atoms with van der Waals surface area (Å²) in [5.74, 6) is 0.978. The summed E-state index contributed by atoms with van der Waals surface area (Å²) in [4.78, 5) is 3.76. The molecular weight excluding hydrogens is 356 g/mol. The van der Waals surface area contributed by atoms with E-state index in [1.54, 1.807) is 0 Å². The van der Waals surface area contributed by atoms with E-state index in [0.29, 0.717) is 4.77 Å². The molecule has 0 spiro atoms. The van der Waals surface area contributed by atoms with Gasteiger partial charge in [0, 0.05) is 23.9 Å². The van der Waals surface area contributed by atoms with E-state index in [2.05, 4.69) is 58.7 Å². The van der Waals surface area contributed by atoms with Crippen molar-refractivity contribution in [3.05, 3.63) is 45.6 Å². The van der Waals surface area contributed by atoms with Crippen molar-refractivity contribution in [1.82, 2.24) is 19.7 Å². The van der Waals surface area contributed by atoms with Crippen LogP contribution in [0.25, 0.3) is 10.9 Å². The summed E-state index contributed by atoms with van der Waals surface area (Å²) >= 11 is 5.44. The van der Waals surface area contributed by atoms with Crippen LogP contribution in [0.2, 0.25) is 0 Å². The molecule has 1 aromatic carbocycles. The molecule has 2 aromatic heterocycles. The van der Waals surface area contributed by atoms with Crippen LogP contribution in [0.3, 0.4) is 0 Å². The molecule has 27 heavy (non-hydrogen) atoms. The molecule has 3 heterocycles. The smallest absolute Gasteiger partial charge is 0.195 e. The van der Waals surface area contributed by atoms with Gasteiger partial charge in [-0.25, -0.2) is 0 Å². The summed E-state index contributed by atoms with van der Waals surface area (Å²) in [6, 6.07) is 6.62. The highest BCUT2D eigenvalue weighted by molar-refractivity contribution is 7.71. The van der Waals surface area contributed by atoms with E-state index in [9.17, 15) is 0 Å². The quantitative estimate of drug-likeness (QED) is 0.599. The van der Waals surface area contributed by atoms with E-state index in [1.165, 1.54) is 27.7 Å². The average Bonchev–Trinajstić information content (AvgIpc) is 3.24. The van der Waals surface area contributed by atoms with Crippen molar-refractivity contribution in [3.63, 3.8) is 0 Å². The first-order chi connectivity index (χ1) is 13.1. The number of hydrogen-bond acceptors (Lipinski definition) is 3. The van der Waals surface area contributed by atoms with Crippen molar-refractivity contribution in [2.75, 3.05) is 6.61 Å². The van der Waals surface area contributed by atoms with Gasteiger partial charge in [-0.2, -0.15) is 5.10 Å². The van der Waals surface area contributed by atoms with Gasteiger partial charge >= 0.3 is 0 Å². The van der Waals surface area contributed by atoms with Gasteiger partial charge in [-0.1, -0.05) is 39.0 Å². The van der Waals surface area contributed by atoms with Crippen molar-refractivity contribution in [2.24, 2.45) is 0 Å². The van der Waals surface area contributed by atoms with Gasteiger partial charge in [0.15, 0.2) is 4.77 Å². The normalized spacial score (nSPS) is 19.5. The molecule has 0 amide bonds. The number of para-hydroxylation sites is 1. The number of rotatable bonds is 6. The van der Waals surface area contributed by atoms with Gasteiger partial charge in [0.1, 0.15) is 11.4 Å². The molecule has 144 valence electrons. The van der Waals surface area contributed by atoms with Crippen LogP contribution >= 0.6 is 12.2 Å². The highest BCUT2D eigenvalue weighted by atomic mass is 32.1. The minimum absolute atomic E-state index is 0.385. The third kappa shape index (κ3) is 2.95. The molecule has 0 saturated heterocycles. The van der Waals surface area contributed by atoms with E-state index >= 15 is 0 Å². The Bertz CT molecular complexity index is 1020. The SMILES string of the molecule is CCCn1c(CC2(CC)OCCc3c2[nH]c2c(CC)cccc32)n[nH]c1=S. The van der Waals surface area contributed by atoms with Gasteiger partial charge < -0.3 is 14.3 Å². The molecule has 0 fully saturated rings. The lowest BCUT2D eigenvalue weighted by Crippen LogP contribution is -2.38. The standard InChI is InChI=1S/C21H28N4OS/c1-4-11-25-17(23-24-20(25)27)13-21(6-3)19-16(10-12-26-21)15-9-7-8-14(5-2)18(15)22-19/h7-9,22H,4-6,10-13H2,1-3H3,(H,24,27). The van der Waals surface area contributed by atoms with Gasteiger partial charge in [0.2, 0.25) is 0 Å². The average molecular weight is 385 g/mol. The molecule has 5 nitrogen and oxygen atoms in total. The fourth-order valence-electron chi connectivity index (χ4n) is 4.44. The number of nitrogens with zero attached hydrogens (tertiary/aromatic N) is 2. The Morgan fingerprint density at radius 1 is 1.30 bits per heavy atom. The van der Waals surface area contributed by atoms with E-state index in [0.717, 1.165) is 51.1 Å². The van der Waals surface area contributed by atoms with Crippen LogP contribution in [-0.2, 0) is 36.1 Å². The molecule has 0 saturated carbocycles. The van der Waals surface area contributed by atoms with Gasteiger partial charge in [-0.3, -0.25) is 5.10 Å². The Kier molecular flexibility index (Phi) is 4.95.